The first kappa shape index (κ1) is 21.4. The molecule has 8 heteroatoms. The minimum atomic E-state index is -0.0518. The van der Waals surface area contributed by atoms with Crippen molar-refractivity contribution in [2.24, 2.45) is 5.92 Å². The molecule has 2 unspecified atom stereocenters. The van der Waals surface area contributed by atoms with Gasteiger partial charge in [-0.3, -0.25) is 4.79 Å². The number of anilines is 1. The van der Waals surface area contributed by atoms with E-state index in [1.807, 2.05) is 11.6 Å². The first-order valence-electron chi connectivity index (χ1n) is 11.9. The van der Waals surface area contributed by atoms with E-state index in [0.29, 0.717) is 17.0 Å². The van der Waals surface area contributed by atoms with Crippen molar-refractivity contribution >= 4 is 34.1 Å². The Morgan fingerprint density at radius 2 is 2.06 bits per heavy atom. The van der Waals surface area contributed by atoms with Crippen LogP contribution in [0.15, 0.2) is 23.8 Å². The molecule has 1 amide bonds. The number of hydrogen-bond donors (Lipinski definition) is 1. The van der Waals surface area contributed by atoms with Gasteiger partial charge < -0.3 is 14.8 Å². The number of pyridine rings is 1. The van der Waals surface area contributed by atoms with Crippen LogP contribution in [0.2, 0.25) is 0 Å². The minimum Gasteiger partial charge on any atom is -0.357 e. The van der Waals surface area contributed by atoms with Gasteiger partial charge in [-0.05, 0) is 44.4 Å². The first-order chi connectivity index (χ1) is 15.6. The van der Waals surface area contributed by atoms with Gasteiger partial charge in [-0.15, -0.1) is 11.3 Å². The largest absolute Gasteiger partial charge is 0.357 e. The fourth-order valence-corrected chi connectivity index (χ4v) is 5.72. The molecule has 1 aliphatic carbocycles. The van der Waals surface area contributed by atoms with E-state index in [1.54, 1.807) is 6.20 Å². The lowest BCUT2D eigenvalue weighted by molar-refractivity contribution is 0.0920. The summed E-state index contributed by atoms with van der Waals surface area (Å²) in [6.07, 6.45) is 11.2. The Bertz CT molecular complexity index is 1070. The van der Waals surface area contributed by atoms with Gasteiger partial charge in [0, 0.05) is 49.2 Å². The molecular weight excluding hydrogens is 420 g/mol. The van der Waals surface area contributed by atoms with E-state index in [2.05, 4.69) is 39.7 Å². The van der Waals surface area contributed by atoms with Gasteiger partial charge in [0.25, 0.3) is 5.91 Å². The van der Waals surface area contributed by atoms with Crippen molar-refractivity contribution in [3.8, 4) is 0 Å². The third-order valence-corrected chi connectivity index (χ3v) is 7.40. The second-order valence-electron chi connectivity index (χ2n) is 9.55. The van der Waals surface area contributed by atoms with Crippen LogP contribution in [0.5, 0.6) is 0 Å². The van der Waals surface area contributed by atoms with Crippen LogP contribution < -0.4 is 10.2 Å². The van der Waals surface area contributed by atoms with E-state index in [4.69, 9.17) is 9.97 Å². The van der Waals surface area contributed by atoms with E-state index in [9.17, 15) is 4.79 Å². The van der Waals surface area contributed by atoms with Gasteiger partial charge in [-0.2, -0.15) is 0 Å². The topological polar surface area (TPSA) is 75.9 Å². The number of nitrogens with zero attached hydrogens (tertiary/aromatic N) is 5. The Morgan fingerprint density at radius 1 is 1.22 bits per heavy atom. The maximum atomic E-state index is 12.6. The summed E-state index contributed by atoms with van der Waals surface area (Å²) in [4.78, 5) is 28.9. The molecule has 1 aliphatic heterocycles. The van der Waals surface area contributed by atoms with Gasteiger partial charge in [0.1, 0.15) is 17.2 Å². The quantitative estimate of drug-likeness (QED) is 0.591. The number of carbonyl (C=O) groups excluding carboxylic acids is 1. The van der Waals surface area contributed by atoms with Crippen LogP contribution >= 0.6 is 11.3 Å². The van der Waals surface area contributed by atoms with Crippen molar-refractivity contribution in [2.75, 3.05) is 18.0 Å². The fraction of sp³-hybridized carbons (Fsp3) is 0.583. The predicted molar refractivity (Wildman–Crippen MR) is 128 cm³/mol. The Hall–Kier alpha value is -2.48. The lowest BCUT2D eigenvalue weighted by Gasteiger charge is -2.32. The molecule has 3 aromatic rings. The zero-order chi connectivity index (χ0) is 22.1. The molecule has 0 radical (unpaired) electrons. The molecule has 3 aromatic heterocycles. The van der Waals surface area contributed by atoms with Gasteiger partial charge in [-0.1, -0.05) is 13.8 Å². The summed E-state index contributed by atoms with van der Waals surface area (Å²) in [6, 6.07) is 2.74. The smallest absolute Gasteiger partial charge is 0.280 e. The SMILES string of the molecule is CC(C)Cc1nc2cnc(N3CCCC3)cc2n1C1CCCC(NC(=O)c2nccs2)C1. The molecule has 2 fully saturated rings. The van der Waals surface area contributed by atoms with Crippen LogP contribution in [0.3, 0.4) is 0 Å². The zero-order valence-electron chi connectivity index (χ0n) is 19.0. The second-order valence-corrected chi connectivity index (χ2v) is 10.4. The highest BCUT2D eigenvalue weighted by Gasteiger charge is 2.29. The van der Waals surface area contributed by atoms with Crippen molar-refractivity contribution in [1.82, 2.24) is 24.8 Å². The van der Waals surface area contributed by atoms with Crippen LogP contribution in [0, 0.1) is 5.92 Å². The van der Waals surface area contributed by atoms with Gasteiger partial charge in [-0.25, -0.2) is 15.0 Å². The Morgan fingerprint density at radius 3 is 2.81 bits per heavy atom. The number of amides is 1. The predicted octanol–water partition coefficient (Wildman–Crippen LogP) is 4.60. The Labute approximate surface area is 193 Å². The van der Waals surface area contributed by atoms with E-state index in [1.165, 1.54) is 29.7 Å². The van der Waals surface area contributed by atoms with Crippen molar-refractivity contribution in [1.29, 1.82) is 0 Å². The molecule has 2 atom stereocenters. The number of fused-ring (bicyclic) bond motifs is 1. The monoisotopic (exact) mass is 452 g/mol. The van der Waals surface area contributed by atoms with E-state index in [-0.39, 0.29) is 11.9 Å². The molecular formula is C24H32N6OS. The molecule has 1 N–H and O–H groups in total. The average Bonchev–Trinajstić information content (AvgIpc) is 3.53. The van der Waals surface area contributed by atoms with Gasteiger partial charge >= 0.3 is 0 Å². The summed E-state index contributed by atoms with van der Waals surface area (Å²) in [5.41, 5.74) is 2.17. The second kappa shape index (κ2) is 9.17. The van der Waals surface area contributed by atoms with Crippen LogP contribution in [0.4, 0.5) is 5.82 Å². The zero-order valence-corrected chi connectivity index (χ0v) is 19.8. The molecule has 32 heavy (non-hydrogen) atoms. The molecule has 7 nitrogen and oxygen atoms in total. The molecule has 0 bridgehead atoms. The Balaban J connectivity index is 1.44. The summed E-state index contributed by atoms with van der Waals surface area (Å²) in [5.74, 6) is 2.69. The van der Waals surface area contributed by atoms with Crippen LogP contribution in [-0.4, -0.2) is 44.6 Å². The van der Waals surface area contributed by atoms with Crippen LogP contribution in [0.1, 0.15) is 74.0 Å². The maximum absolute atomic E-state index is 12.6. The highest BCUT2D eigenvalue weighted by Crippen LogP contribution is 2.35. The number of rotatable bonds is 6. The van der Waals surface area contributed by atoms with E-state index in [0.717, 1.165) is 62.4 Å². The van der Waals surface area contributed by atoms with Gasteiger partial charge in [0.2, 0.25) is 0 Å². The molecule has 4 heterocycles. The number of imidazole rings is 1. The van der Waals surface area contributed by atoms with Crippen molar-refractivity contribution in [3.63, 3.8) is 0 Å². The van der Waals surface area contributed by atoms with Crippen molar-refractivity contribution in [3.05, 3.63) is 34.7 Å². The van der Waals surface area contributed by atoms with Crippen molar-refractivity contribution < 1.29 is 4.79 Å². The van der Waals surface area contributed by atoms with Gasteiger partial charge in [0.05, 0.1) is 11.7 Å². The molecule has 0 aromatic carbocycles. The van der Waals surface area contributed by atoms with Crippen molar-refractivity contribution in [2.45, 2.75) is 70.9 Å². The summed E-state index contributed by atoms with van der Waals surface area (Å²) < 4.78 is 2.47. The summed E-state index contributed by atoms with van der Waals surface area (Å²) >= 11 is 1.39. The van der Waals surface area contributed by atoms with E-state index >= 15 is 0 Å². The molecule has 170 valence electrons. The summed E-state index contributed by atoms with van der Waals surface area (Å²) in [7, 11) is 0. The standard InChI is InChI=1S/C24H32N6OS/c1-16(2)12-22-28-19-15-26-21(29-9-3-4-10-29)14-20(19)30(22)18-7-5-6-17(13-18)27-23(31)24-25-8-11-32-24/h8,11,14-18H,3-7,9-10,12-13H2,1-2H3,(H,27,31). The maximum Gasteiger partial charge on any atom is 0.280 e. The molecule has 2 aliphatic rings. The molecule has 5 rings (SSSR count). The minimum absolute atomic E-state index is 0.0518. The molecule has 0 spiro atoms. The number of hydrogen-bond acceptors (Lipinski definition) is 6. The lowest BCUT2D eigenvalue weighted by Crippen LogP contribution is -2.39. The molecule has 1 saturated carbocycles. The number of carbonyl (C=O) groups is 1. The first-order valence-corrected chi connectivity index (χ1v) is 12.8. The average molecular weight is 453 g/mol. The third kappa shape index (κ3) is 4.37. The third-order valence-electron chi connectivity index (χ3n) is 6.63. The molecule has 1 saturated heterocycles. The van der Waals surface area contributed by atoms with Crippen LogP contribution in [-0.2, 0) is 6.42 Å². The number of nitrogens with one attached hydrogen (secondary N) is 1. The lowest BCUT2D eigenvalue weighted by atomic mass is 9.90. The van der Waals surface area contributed by atoms with Crippen LogP contribution in [0.25, 0.3) is 11.0 Å². The summed E-state index contributed by atoms with van der Waals surface area (Å²) in [5, 5.41) is 5.62. The normalized spacial score (nSPS) is 21.5. The van der Waals surface area contributed by atoms with Gasteiger partial charge in [0.15, 0.2) is 5.01 Å². The van der Waals surface area contributed by atoms with E-state index < -0.39 is 0 Å². The summed E-state index contributed by atoms with van der Waals surface area (Å²) in [6.45, 7) is 6.66. The Kier molecular flexibility index (Phi) is 6.13. The highest BCUT2D eigenvalue weighted by atomic mass is 32.1. The fourth-order valence-electron chi connectivity index (χ4n) is 5.19. The number of thiazole rings is 1. The number of aromatic nitrogens is 4. The highest BCUT2D eigenvalue weighted by molar-refractivity contribution is 7.11.